The second-order valence-corrected chi connectivity index (χ2v) is 7.53. The van der Waals surface area contributed by atoms with E-state index in [4.69, 9.17) is 27.9 Å². The molecule has 0 aliphatic carbocycles. The van der Waals surface area contributed by atoms with E-state index in [2.05, 4.69) is 21.9 Å². The van der Waals surface area contributed by atoms with Crippen LogP contribution in [0.25, 0.3) is 5.69 Å². The van der Waals surface area contributed by atoms with Crippen LogP contribution in [0, 0.1) is 0 Å². The molecule has 0 saturated carbocycles. The highest BCUT2D eigenvalue weighted by Gasteiger charge is 2.12. The van der Waals surface area contributed by atoms with E-state index in [1.807, 2.05) is 0 Å². The molecule has 0 bridgehead atoms. The molecule has 2 aromatic rings. The van der Waals surface area contributed by atoms with Crippen molar-refractivity contribution in [3.63, 3.8) is 0 Å². The molecule has 0 unspecified atom stereocenters. The number of hydrogen-bond acceptors (Lipinski definition) is 5. The highest BCUT2D eigenvalue weighted by molar-refractivity contribution is 6.42. The first-order valence-electron chi connectivity index (χ1n) is 9.12. The van der Waals surface area contributed by atoms with E-state index in [0.29, 0.717) is 28.2 Å². The largest absolute Gasteiger partial charge is 0.477 e. The molecule has 2 heterocycles. The first-order chi connectivity index (χ1) is 13.0. The number of likely N-dealkylation sites (N-methyl/N-ethyl adjacent to an activating group) is 1. The lowest BCUT2D eigenvalue weighted by molar-refractivity contribution is 0.232. The summed E-state index contributed by atoms with van der Waals surface area (Å²) in [5.74, 6) is 0.413. The molecule has 0 radical (unpaired) electrons. The maximum atomic E-state index is 12.1. The van der Waals surface area contributed by atoms with Gasteiger partial charge in [-0.25, -0.2) is 0 Å². The van der Waals surface area contributed by atoms with Crippen molar-refractivity contribution < 1.29 is 4.74 Å². The molecular weight excluding hydrogens is 387 g/mol. The molecule has 1 aromatic carbocycles. The fraction of sp³-hybridized carbons (Fsp3) is 0.474. The van der Waals surface area contributed by atoms with Gasteiger partial charge < -0.3 is 14.5 Å². The predicted octanol–water partition coefficient (Wildman–Crippen LogP) is 2.95. The molecule has 0 amide bonds. The molecule has 0 N–H and O–H groups in total. The van der Waals surface area contributed by atoms with Gasteiger partial charge in [-0.1, -0.05) is 23.2 Å². The molecule has 146 valence electrons. The lowest BCUT2D eigenvalue weighted by Gasteiger charge is -2.19. The zero-order valence-corrected chi connectivity index (χ0v) is 16.9. The number of ether oxygens (including phenoxy) is 1. The van der Waals surface area contributed by atoms with Gasteiger partial charge in [-0.15, -0.1) is 5.10 Å². The normalized spacial score (nSPS) is 16.3. The van der Waals surface area contributed by atoms with Crippen LogP contribution in [-0.2, 0) is 0 Å². The smallest absolute Gasteiger partial charge is 0.271 e. The maximum absolute atomic E-state index is 12.1. The average Bonchev–Trinajstić information content (AvgIpc) is 2.86. The molecule has 1 saturated heterocycles. The fourth-order valence-electron chi connectivity index (χ4n) is 3.06. The van der Waals surface area contributed by atoms with Crippen LogP contribution in [0.15, 0.2) is 35.1 Å². The van der Waals surface area contributed by atoms with Crippen LogP contribution >= 0.6 is 23.2 Å². The Morgan fingerprint density at radius 3 is 2.74 bits per heavy atom. The van der Waals surface area contributed by atoms with E-state index < -0.39 is 0 Å². The van der Waals surface area contributed by atoms with Crippen molar-refractivity contribution in [2.45, 2.75) is 12.8 Å². The Balaban J connectivity index is 1.56. The zero-order valence-electron chi connectivity index (χ0n) is 15.4. The van der Waals surface area contributed by atoms with Crippen LogP contribution in [0.1, 0.15) is 12.8 Å². The topological polar surface area (TPSA) is 50.6 Å². The van der Waals surface area contributed by atoms with Gasteiger partial charge in [0.15, 0.2) is 0 Å². The van der Waals surface area contributed by atoms with Crippen LogP contribution in [0.3, 0.4) is 0 Å². The van der Waals surface area contributed by atoms with E-state index in [1.165, 1.54) is 17.2 Å². The van der Waals surface area contributed by atoms with Gasteiger partial charge in [-0.05, 0) is 51.2 Å². The first kappa shape index (κ1) is 20.1. The summed E-state index contributed by atoms with van der Waals surface area (Å²) in [5, 5.41) is 5.09. The summed E-state index contributed by atoms with van der Waals surface area (Å²) in [4.78, 5) is 17.0. The Morgan fingerprint density at radius 2 is 1.93 bits per heavy atom. The number of benzene rings is 1. The summed E-state index contributed by atoms with van der Waals surface area (Å²) < 4.78 is 7.02. The van der Waals surface area contributed by atoms with Gasteiger partial charge in [0.2, 0.25) is 5.88 Å². The summed E-state index contributed by atoms with van der Waals surface area (Å²) in [6.45, 7) is 6.05. The lowest BCUT2D eigenvalue weighted by Crippen LogP contribution is -2.30. The molecule has 1 fully saturated rings. The number of halogens is 2. The highest BCUT2D eigenvalue weighted by atomic mass is 35.5. The Morgan fingerprint density at radius 1 is 1.07 bits per heavy atom. The van der Waals surface area contributed by atoms with Gasteiger partial charge >= 0.3 is 0 Å². The number of nitrogens with zero attached hydrogens (tertiary/aromatic N) is 4. The number of rotatable bonds is 6. The standard InChI is InChI=1S/C19H24Cl2N4O2/c1-23-8-2-9-24(12-11-23)10-3-13-27-18-6-7-19(26)25(22-18)15-4-5-16(20)17(21)14-15/h4-7,14H,2-3,8-13H2,1H3. The van der Waals surface area contributed by atoms with Crippen molar-refractivity contribution in [1.82, 2.24) is 19.6 Å². The van der Waals surface area contributed by atoms with E-state index >= 15 is 0 Å². The minimum atomic E-state index is -0.255. The summed E-state index contributed by atoms with van der Waals surface area (Å²) in [5.41, 5.74) is 0.294. The summed E-state index contributed by atoms with van der Waals surface area (Å²) in [7, 11) is 2.17. The second kappa shape index (κ2) is 9.55. The van der Waals surface area contributed by atoms with Gasteiger partial charge in [0.05, 0.1) is 22.3 Å². The SMILES string of the molecule is CN1CCCN(CCCOc2ccc(=O)n(-c3ccc(Cl)c(Cl)c3)n2)CC1. The van der Waals surface area contributed by atoms with Crippen molar-refractivity contribution in [2.75, 3.05) is 46.4 Å². The minimum absolute atomic E-state index is 0.255. The van der Waals surface area contributed by atoms with Crippen LogP contribution in [0.2, 0.25) is 10.0 Å². The van der Waals surface area contributed by atoms with Gasteiger partial charge in [-0.2, -0.15) is 4.68 Å². The van der Waals surface area contributed by atoms with Crippen LogP contribution in [0.5, 0.6) is 5.88 Å². The molecular formula is C19H24Cl2N4O2. The third kappa shape index (κ3) is 5.69. The van der Waals surface area contributed by atoms with Crippen molar-refractivity contribution >= 4 is 23.2 Å². The molecule has 8 heteroatoms. The number of aromatic nitrogens is 2. The molecule has 6 nitrogen and oxygen atoms in total. The second-order valence-electron chi connectivity index (χ2n) is 6.72. The Labute approximate surface area is 169 Å². The first-order valence-corrected chi connectivity index (χ1v) is 9.88. The third-order valence-corrected chi connectivity index (χ3v) is 5.34. The van der Waals surface area contributed by atoms with Gasteiger partial charge in [0.1, 0.15) is 0 Å². The maximum Gasteiger partial charge on any atom is 0.271 e. The van der Waals surface area contributed by atoms with Gasteiger partial charge in [-0.3, -0.25) is 4.79 Å². The van der Waals surface area contributed by atoms with E-state index in [1.54, 1.807) is 24.3 Å². The zero-order chi connectivity index (χ0) is 19.2. The Kier molecular flexibility index (Phi) is 7.13. The molecule has 3 rings (SSSR count). The van der Waals surface area contributed by atoms with Crippen LogP contribution in [-0.4, -0.2) is 66.0 Å². The molecule has 1 aliphatic rings. The van der Waals surface area contributed by atoms with Gasteiger partial charge in [0.25, 0.3) is 5.56 Å². The van der Waals surface area contributed by atoms with Crippen LogP contribution in [0.4, 0.5) is 0 Å². The Bertz CT molecular complexity index is 828. The third-order valence-electron chi connectivity index (χ3n) is 4.60. The average molecular weight is 411 g/mol. The summed E-state index contributed by atoms with van der Waals surface area (Å²) >= 11 is 12.0. The van der Waals surface area contributed by atoms with Crippen molar-refractivity contribution in [2.24, 2.45) is 0 Å². The lowest BCUT2D eigenvalue weighted by atomic mass is 10.3. The monoisotopic (exact) mass is 410 g/mol. The molecule has 27 heavy (non-hydrogen) atoms. The van der Waals surface area contributed by atoms with E-state index in [9.17, 15) is 4.79 Å². The summed E-state index contributed by atoms with van der Waals surface area (Å²) in [6, 6.07) is 7.98. The fourth-order valence-corrected chi connectivity index (χ4v) is 3.35. The minimum Gasteiger partial charge on any atom is -0.477 e. The number of hydrogen-bond donors (Lipinski definition) is 0. The van der Waals surface area contributed by atoms with Crippen molar-refractivity contribution in [1.29, 1.82) is 0 Å². The molecule has 0 atom stereocenters. The molecule has 1 aliphatic heterocycles. The summed E-state index contributed by atoms with van der Waals surface area (Å²) in [6.07, 6.45) is 2.12. The van der Waals surface area contributed by atoms with E-state index in [0.717, 1.165) is 39.1 Å². The quantitative estimate of drug-likeness (QED) is 0.685. The predicted molar refractivity (Wildman–Crippen MR) is 109 cm³/mol. The molecule has 0 spiro atoms. The van der Waals surface area contributed by atoms with E-state index in [-0.39, 0.29) is 5.56 Å². The van der Waals surface area contributed by atoms with Crippen molar-refractivity contribution in [3.8, 4) is 11.6 Å². The van der Waals surface area contributed by atoms with Gasteiger partial charge in [0, 0.05) is 31.8 Å². The Hall–Kier alpha value is -1.60. The highest BCUT2D eigenvalue weighted by Crippen LogP contribution is 2.23. The van der Waals surface area contributed by atoms with Crippen molar-refractivity contribution in [3.05, 3.63) is 50.7 Å². The molecule has 1 aromatic heterocycles. The van der Waals surface area contributed by atoms with Crippen LogP contribution < -0.4 is 10.3 Å².